The van der Waals surface area contributed by atoms with Gasteiger partial charge in [0.25, 0.3) is 5.91 Å². The number of piperazine rings is 1. The summed E-state index contributed by atoms with van der Waals surface area (Å²) < 4.78 is 34.6. The Morgan fingerprint density at radius 3 is 2.63 bits per heavy atom. The number of hydrogen-bond donors (Lipinski definition) is 0. The minimum Gasteiger partial charge on any atom is -0.462 e. The number of rotatable bonds is 8. The van der Waals surface area contributed by atoms with Gasteiger partial charge in [0.1, 0.15) is 24.3 Å². The van der Waals surface area contributed by atoms with E-state index in [1.807, 2.05) is 18.2 Å². The van der Waals surface area contributed by atoms with E-state index in [9.17, 15) is 13.6 Å². The fourth-order valence-corrected chi connectivity index (χ4v) is 7.10. The Bertz CT molecular complexity index is 1660. The van der Waals surface area contributed by atoms with Crippen LogP contribution in [0.4, 0.5) is 20.3 Å². The fraction of sp³-hybridized carbons (Fsp3) is 0.471. The first-order valence-electron chi connectivity index (χ1n) is 15.9. The van der Waals surface area contributed by atoms with Gasteiger partial charge in [0.05, 0.1) is 17.3 Å². The molecule has 3 aromatic rings. The van der Waals surface area contributed by atoms with Crippen LogP contribution in [0.5, 0.6) is 6.01 Å². The first kappa shape index (κ1) is 32.0. The van der Waals surface area contributed by atoms with Crippen LogP contribution in [-0.4, -0.2) is 90.7 Å². The largest absolute Gasteiger partial charge is 0.462 e. The number of amides is 1. The van der Waals surface area contributed by atoms with E-state index in [0.29, 0.717) is 50.4 Å². The summed E-state index contributed by atoms with van der Waals surface area (Å²) in [5.74, 6) is -1.57. The van der Waals surface area contributed by atoms with Crippen LogP contribution in [0.25, 0.3) is 15.6 Å². The molecule has 0 aliphatic carbocycles. The van der Waals surface area contributed by atoms with Crippen LogP contribution in [-0.2, 0) is 17.8 Å². The van der Waals surface area contributed by atoms with Crippen LogP contribution in [0.3, 0.4) is 0 Å². The van der Waals surface area contributed by atoms with E-state index in [-0.39, 0.29) is 24.1 Å². The molecular weight excluding hydrogens is 612 g/mol. The summed E-state index contributed by atoms with van der Waals surface area (Å²) in [4.78, 5) is 33.9. The molecule has 1 amide bonds. The predicted molar refractivity (Wildman–Crippen MR) is 176 cm³/mol. The summed E-state index contributed by atoms with van der Waals surface area (Å²) in [7, 11) is 0. The minimum atomic E-state index is -1.03. The summed E-state index contributed by atoms with van der Waals surface area (Å²) in [5, 5.41) is 1.60. The quantitative estimate of drug-likeness (QED) is 0.231. The summed E-state index contributed by atoms with van der Waals surface area (Å²) in [5.41, 5.74) is 2.58. The van der Waals surface area contributed by atoms with Crippen molar-refractivity contribution in [1.82, 2.24) is 19.8 Å². The number of carbonyl (C=O) groups excluding carboxylic acids is 1. The van der Waals surface area contributed by atoms with Crippen LogP contribution < -0.4 is 14.5 Å². The molecule has 0 spiro atoms. The molecule has 1 atom stereocenters. The number of fused-ring (bicyclic) bond motifs is 2. The standard InChI is InChI=1S/C34H38ClF2N7O2/c1-23(36)33(45)44-17-16-43(21-25(44)20-38-2)32-26-12-15-42(29-9-7-8-24-10-11-27(37)31(35)30(24)29)22-28(26)39-34(40-32)46-19-18-41-13-5-3-4-6-14-41/h7-11,25H,1,3-6,12-22H2/t25-/m0/s1. The van der Waals surface area contributed by atoms with E-state index in [0.717, 1.165) is 42.0 Å². The topological polar surface area (TPSA) is 69.4 Å². The van der Waals surface area contributed by atoms with Crippen LogP contribution >= 0.6 is 11.6 Å². The van der Waals surface area contributed by atoms with Gasteiger partial charge in [0, 0.05) is 49.4 Å². The van der Waals surface area contributed by atoms with Gasteiger partial charge in [0.15, 0.2) is 5.83 Å². The maximum atomic E-state index is 14.6. The molecule has 0 bridgehead atoms. The zero-order valence-corrected chi connectivity index (χ0v) is 26.6. The lowest BCUT2D eigenvalue weighted by Gasteiger charge is -2.41. The third kappa shape index (κ3) is 6.74. The van der Waals surface area contributed by atoms with Crippen molar-refractivity contribution in [3.63, 3.8) is 0 Å². The Balaban J connectivity index is 1.31. The van der Waals surface area contributed by atoms with Crippen LogP contribution in [0, 0.1) is 12.4 Å². The molecule has 2 aromatic carbocycles. The minimum absolute atomic E-state index is 0.0359. The Kier molecular flexibility index (Phi) is 9.85. The van der Waals surface area contributed by atoms with Gasteiger partial charge in [-0.1, -0.05) is 49.2 Å². The van der Waals surface area contributed by atoms with Gasteiger partial charge in [-0.05, 0) is 49.9 Å². The molecule has 0 radical (unpaired) electrons. The van der Waals surface area contributed by atoms with Gasteiger partial charge >= 0.3 is 6.01 Å². The van der Waals surface area contributed by atoms with Gasteiger partial charge in [-0.25, -0.2) is 15.4 Å². The van der Waals surface area contributed by atoms with E-state index >= 15 is 0 Å². The second-order valence-electron chi connectivity index (χ2n) is 12.1. The number of hydrogen-bond acceptors (Lipinski definition) is 7. The summed E-state index contributed by atoms with van der Waals surface area (Å²) in [6.07, 6.45) is 5.50. The molecule has 3 aliphatic rings. The van der Waals surface area contributed by atoms with E-state index in [4.69, 9.17) is 32.9 Å². The zero-order valence-electron chi connectivity index (χ0n) is 25.9. The number of nitrogens with zero attached hydrogens (tertiary/aromatic N) is 7. The van der Waals surface area contributed by atoms with Crippen molar-refractivity contribution >= 4 is 39.8 Å². The lowest BCUT2D eigenvalue weighted by molar-refractivity contribution is -0.131. The highest BCUT2D eigenvalue weighted by Gasteiger charge is 2.36. The van der Waals surface area contributed by atoms with E-state index in [2.05, 4.69) is 26.1 Å². The molecule has 1 aromatic heterocycles. The van der Waals surface area contributed by atoms with Crippen molar-refractivity contribution in [2.45, 2.75) is 44.7 Å². The molecule has 0 N–H and O–H groups in total. The van der Waals surface area contributed by atoms with Gasteiger partial charge in [0.2, 0.25) is 6.54 Å². The number of aromatic nitrogens is 2. The SMILES string of the molecule is [C-]#[N+]C[C@H]1CN(c2nc(OCCN3CCCCCC3)nc3c2CCN(c2cccc4ccc(F)c(Cl)c24)C3)CCN1C(=O)C(=C)F. The molecule has 12 heteroatoms. The second-order valence-corrected chi connectivity index (χ2v) is 12.5. The first-order chi connectivity index (χ1) is 22.3. The van der Waals surface area contributed by atoms with Gasteiger partial charge in [-0.15, -0.1) is 0 Å². The molecule has 2 saturated heterocycles. The number of carbonyl (C=O) groups is 1. The van der Waals surface area contributed by atoms with Crippen molar-refractivity contribution in [3.05, 3.63) is 76.3 Å². The molecule has 6 rings (SSSR count). The smallest absolute Gasteiger partial charge is 0.318 e. The Hall–Kier alpha value is -4.01. The third-order valence-electron chi connectivity index (χ3n) is 9.19. The van der Waals surface area contributed by atoms with E-state index in [1.54, 1.807) is 6.07 Å². The van der Waals surface area contributed by atoms with Crippen molar-refractivity contribution in [2.75, 3.05) is 68.8 Å². The van der Waals surface area contributed by atoms with Crippen LogP contribution in [0.1, 0.15) is 36.9 Å². The molecule has 4 heterocycles. The molecule has 0 saturated carbocycles. The van der Waals surface area contributed by atoms with Crippen molar-refractivity contribution < 1.29 is 18.3 Å². The maximum Gasteiger partial charge on any atom is 0.318 e. The fourth-order valence-electron chi connectivity index (χ4n) is 6.83. The Labute approximate surface area is 273 Å². The normalized spacial score (nSPS) is 19.0. The number of likely N-dealkylation sites (tertiary alicyclic amines) is 1. The highest BCUT2D eigenvalue weighted by atomic mass is 35.5. The Morgan fingerprint density at radius 1 is 1.07 bits per heavy atom. The molecule has 3 aliphatic heterocycles. The lowest BCUT2D eigenvalue weighted by atomic mass is 10.0. The van der Waals surface area contributed by atoms with Crippen molar-refractivity contribution in [3.8, 4) is 6.01 Å². The summed E-state index contributed by atoms with van der Waals surface area (Å²) >= 11 is 6.49. The molecular formula is C34H38ClF2N7O2. The van der Waals surface area contributed by atoms with E-state index in [1.165, 1.54) is 36.6 Å². The average molecular weight is 650 g/mol. The number of ether oxygens (including phenoxy) is 1. The van der Waals surface area contributed by atoms with Crippen molar-refractivity contribution in [2.24, 2.45) is 0 Å². The maximum absolute atomic E-state index is 14.6. The average Bonchev–Trinajstić information content (AvgIpc) is 3.34. The third-order valence-corrected chi connectivity index (χ3v) is 9.56. The zero-order chi connectivity index (χ0) is 32.2. The highest BCUT2D eigenvalue weighted by Crippen LogP contribution is 2.38. The molecule has 46 heavy (non-hydrogen) atoms. The summed E-state index contributed by atoms with van der Waals surface area (Å²) in [6, 6.07) is 8.67. The van der Waals surface area contributed by atoms with Crippen LogP contribution in [0.15, 0.2) is 42.7 Å². The van der Waals surface area contributed by atoms with Gasteiger partial charge in [-0.2, -0.15) is 9.97 Å². The Morgan fingerprint density at radius 2 is 1.87 bits per heavy atom. The van der Waals surface area contributed by atoms with Crippen molar-refractivity contribution in [1.29, 1.82) is 0 Å². The predicted octanol–water partition coefficient (Wildman–Crippen LogP) is 5.66. The number of halogens is 3. The second kappa shape index (κ2) is 14.2. The van der Waals surface area contributed by atoms with Gasteiger partial charge in [-0.3, -0.25) is 9.69 Å². The first-order valence-corrected chi connectivity index (χ1v) is 16.3. The lowest BCUT2D eigenvalue weighted by Crippen LogP contribution is -2.57. The van der Waals surface area contributed by atoms with Gasteiger partial charge < -0.3 is 24.3 Å². The number of anilines is 2. The number of benzene rings is 2. The van der Waals surface area contributed by atoms with Crippen LogP contribution in [0.2, 0.25) is 5.02 Å². The molecule has 242 valence electrons. The monoisotopic (exact) mass is 649 g/mol. The summed E-state index contributed by atoms with van der Waals surface area (Å²) in [6.45, 7) is 16.0. The molecule has 0 unspecified atom stereocenters. The highest BCUT2D eigenvalue weighted by molar-refractivity contribution is 6.36. The molecule has 9 nitrogen and oxygen atoms in total. The molecule has 2 fully saturated rings. The van der Waals surface area contributed by atoms with E-state index < -0.39 is 23.6 Å².